The molecule has 16 heavy (non-hydrogen) atoms. The molecule has 0 aliphatic rings. The Balaban J connectivity index is 2.30. The highest BCUT2D eigenvalue weighted by atomic mass is 35.5. The van der Waals surface area contributed by atoms with Crippen LogP contribution in [-0.4, -0.2) is 19.1 Å². The van der Waals surface area contributed by atoms with Gasteiger partial charge in [-0.15, -0.1) is 11.6 Å². The minimum absolute atomic E-state index is 0.637. The molecule has 0 aromatic heterocycles. The average Bonchev–Trinajstić information content (AvgIpc) is 2.32. The van der Waals surface area contributed by atoms with Crippen molar-refractivity contribution in [2.24, 2.45) is 0 Å². The summed E-state index contributed by atoms with van der Waals surface area (Å²) in [6, 6.07) is 7.72. The molecule has 1 rings (SSSR count). The summed E-state index contributed by atoms with van der Waals surface area (Å²) < 4.78 is 11.0. The molecule has 90 valence electrons. The van der Waals surface area contributed by atoms with Crippen molar-refractivity contribution in [2.75, 3.05) is 19.1 Å². The van der Waals surface area contributed by atoms with Crippen molar-refractivity contribution in [3.63, 3.8) is 0 Å². The van der Waals surface area contributed by atoms with Crippen LogP contribution >= 0.6 is 11.6 Å². The van der Waals surface area contributed by atoms with E-state index in [2.05, 4.69) is 6.92 Å². The minimum Gasteiger partial charge on any atom is -0.494 e. The van der Waals surface area contributed by atoms with Crippen LogP contribution < -0.4 is 9.47 Å². The van der Waals surface area contributed by atoms with Crippen molar-refractivity contribution in [3.8, 4) is 11.5 Å². The lowest BCUT2D eigenvalue weighted by Gasteiger charge is -2.07. The van der Waals surface area contributed by atoms with Crippen molar-refractivity contribution in [1.29, 1.82) is 0 Å². The third-order valence-corrected chi connectivity index (χ3v) is 2.40. The first-order chi connectivity index (χ1) is 7.86. The average molecular weight is 243 g/mol. The smallest absolute Gasteiger partial charge is 0.119 e. The lowest BCUT2D eigenvalue weighted by Crippen LogP contribution is -1.98. The summed E-state index contributed by atoms with van der Waals surface area (Å²) in [6.45, 7) is 3.60. The fourth-order valence-electron chi connectivity index (χ4n) is 1.21. The maximum Gasteiger partial charge on any atom is 0.119 e. The molecule has 0 atom stereocenters. The highest BCUT2D eigenvalue weighted by Gasteiger charge is 1.96. The minimum atomic E-state index is 0.637. The van der Waals surface area contributed by atoms with Crippen LogP contribution in [0.2, 0.25) is 0 Å². The van der Waals surface area contributed by atoms with E-state index in [1.54, 1.807) is 0 Å². The van der Waals surface area contributed by atoms with E-state index < -0.39 is 0 Å². The number of benzene rings is 1. The van der Waals surface area contributed by atoms with Gasteiger partial charge in [-0.3, -0.25) is 0 Å². The van der Waals surface area contributed by atoms with E-state index in [0.717, 1.165) is 37.4 Å². The fourth-order valence-corrected chi connectivity index (χ4v) is 1.32. The van der Waals surface area contributed by atoms with Crippen LogP contribution in [0.25, 0.3) is 0 Å². The van der Waals surface area contributed by atoms with Gasteiger partial charge < -0.3 is 9.47 Å². The van der Waals surface area contributed by atoms with Crippen molar-refractivity contribution in [1.82, 2.24) is 0 Å². The molecular formula is C13H19ClO2. The second-order valence-electron chi connectivity index (χ2n) is 3.56. The first-order valence-corrected chi connectivity index (χ1v) is 6.32. The van der Waals surface area contributed by atoms with E-state index in [-0.39, 0.29) is 0 Å². The van der Waals surface area contributed by atoms with Gasteiger partial charge >= 0.3 is 0 Å². The largest absolute Gasteiger partial charge is 0.494 e. The number of hydrogen-bond acceptors (Lipinski definition) is 2. The number of rotatable bonds is 8. The summed E-state index contributed by atoms with van der Waals surface area (Å²) in [6.07, 6.45) is 3.11. The highest BCUT2D eigenvalue weighted by molar-refractivity contribution is 6.17. The SMILES string of the molecule is CCCCOc1ccc(OCCCCl)cc1. The number of hydrogen-bond donors (Lipinski definition) is 0. The maximum absolute atomic E-state index is 5.56. The van der Waals surface area contributed by atoms with E-state index in [1.807, 2.05) is 24.3 Å². The first kappa shape index (κ1) is 13.2. The third-order valence-electron chi connectivity index (χ3n) is 2.14. The van der Waals surface area contributed by atoms with Crippen LogP contribution in [0.1, 0.15) is 26.2 Å². The lowest BCUT2D eigenvalue weighted by atomic mass is 10.3. The van der Waals surface area contributed by atoms with Crippen LogP contribution in [0.3, 0.4) is 0 Å². The predicted molar refractivity (Wildman–Crippen MR) is 67.7 cm³/mol. The zero-order valence-corrected chi connectivity index (χ0v) is 10.5. The molecule has 1 aromatic carbocycles. The summed E-state index contributed by atoms with van der Waals surface area (Å²) in [5.74, 6) is 2.41. The Bertz CT molecular complexity index is 243. The molecule has 0 N–H and O–H groups in total. The lowest BCUT2D eigenvalue weighted by molar-refractivity contribution is 0.304. The molecule has 0 unspecified atom stereocenters. The molecule has 0 saturated carbocycles. The standard InChI is InChI=1S/C13H19ClO2/c1-2-3-10-15-12-5-7-13(8-6-12)16-11-4-9-14/h5-8H,2-4,9-11H2,1H3. The molecule has 0 fully saturated rings. The van der Waals surface area contributed by atoms with Gasteiger partial charge in [0.15, 0.2) is 0 Å². The van der Waals surface area contributed by atoms with Gasteiger partial charge in [0.25, 0.3) is 0 Å². The molecule has 0 spiro atoms. The third kappa shape index (κ3) is 5.26. The zero-order valence-electron chi connectivity index (χ0n) is 9.75. The summed E-state index contributed by atoms with van der Waals surface area (Å²) in [7, 11) is 0. The molecule has 2 nitrogen and oxygen atoms in total. The van der Waals surface area contributed by atoms with Crippen LogP contribution in [0.15, 0.2) is 24.3 Å². The summed E-state index contributed by atoms with van der Waals surface area (Å²) >= 11 is 5.56. The van der Waals surface area contributed by atoms with Crippen LogP contribution in [0.4, 0.5) is 0 Å². The second kappa shape index (κ2) is 8.28. The molecule has 0 amide bonds. The van der Waals surface area contributed by atoms with E-state index in [9.17, 15) is 0 Å². The van der Waals surface area contributed by atoms with Crippen LogP contribution in [-0.2, 0) is 0 Å². The predicted octanol–water partition coefficient (Wildman–Crippen LogP) is 3.87. The van der Waals surface area contributed by atoms with Crippen molar-refractivity contribution in [3.05, 3.63) is 24.3 Å². The number of unbranched alkanes of at least 4 members (excludes halogenated alkanes) is 1. The van der Waals surface area contributed by atoms with Gasteiger partial charge in [-0.2, -0.15) is 0 Å². The van der Waals surface area contributed by atoms with Gasteiger partial charge in [-0.1, -0.05) is 13.3 Å². The van der Waals surface area contributed by atoms with Gasteiger partial charge in [0, 0.05) is 5.88 Å². The first-order valence-electron chi connectivity index (χ1n) is 5.78. The summed E-state index contributed by atoms with van der Waals surface area (Å²) in [4.78, 5) is 0. The van der Waals surface area contributed by atoms with Crippen molar-refractivity contribution >= 4 is 11.6 Å². The molecule has 3 heteroatoms. The molecule has 0 bridgehead atoms. The number of halogens is 1. The Labute approximate surface area is 103 Å². The van der Waals surface area contributed by atoms with Crippen LogP contribution in [0.5, 0.6) is 11.5 Å². The molecule has 0 heterocycles. The summed E-state index contributed by atoms with van der Waals surface area (Å²) in [5.41, 5.74) is 0. The van der Waals surface area contributed by atoms with Gasteiger partial charge in [0.1, 0.15) is 11.5 Å². The van der Waals surface area contributed by atoms with Gasteiger partial charge in [-0.05, 0) is 37.1 Å². The monoisotopic (exact) mass is 242 g/mol. The summed E-state index contributed by atoms with van der Waals surface area (Å²) in [5, 5.41) is 0. The van der Waals surface area contributed by atoms with E-state index >= 15 is 0 Å². The Hall–Kier alpha value is -0.890. The van der Waals surface area contributed by atoms with Gasteiger partial charge in [-0.25, -0.2) is 0 Å². The molecule has 1 aromatic rings. The van der Waals surface area contributed by atoms with E-state index in [1.165, 1.54) is 0 Å². The molecule has 0 saturated heterocycles. The van der Waals surface area contributed by atoms with Crippen molar-refractivity contribution < 1.29 is 9.47 Å². The van der Waals surface area contributed by atoms with Gasteiger partial charge in [0.2, 0.25) is 0 Å². The van der Waals surface area contributed by atoms with Gasteiger partial charge in [0.05, 0.1) is 13.2 Å². The fraction of sp³-hybridized carbons (Fsp3) is 0.538. The Morgan fingerprint density at radius 3 is 1.88 bits per heavy atom. The van der Waals surface area contributed by atoms with Crippen molar-refractivity contribution in [2.45, 2.75) is 26.2 Å². The zero-order chi connectivity index (χ0) is 11.6. The topological polar surface area (TPSA) is 18.5 Å². The Kier molecular flexibility index (Phi) is 6.82. The van der Waals surface area contributed by atoms with E-state index in [0.29, 0.717) is 12.5 Å². The molecule has 0 radical (unpaired) electrons. The van der Waals surface area contributed by atoms with E-state index in [4.69, 9.17) is 21.1 Å². The molecular weight excluding hydrogens is 224 g/mol. The normalized spacial score (nSPS) is 10.1. The second-order valence-corrected chi connectivity index (χ2v) is 3.94. The quantitative estimate of drug-likeness (QED) is 0.509. The Morgan fingerprint density at radius 1 is 0.938 bits per heavy atom. The highest BCUT2D eigenvalue weighted by Crippen LogP contribution is 2.17. The molecule has 0 aliphatic carbocycles. The molecule has 0 aliphatic heterocycles. The number of alkyl halides is 1. The van der Waals surface area contributed by atoms with Crippen LogP contribution in [0, 0.1) is 0 Å². The Morgan fingerprint density at radius 2 is 1.44 bits per heavy atom. The maximum atomic E-state index is 5.56. The number of ether oxygens (including phenoxy) is 2.